The van der Waals surface area contributed by atoms with Gasteiger partial charge in [-0.2, -0.15) is 0 Å². The van der Waals surface area contributed by atoms with Gasteiger partial charge in [0.15, 0.2) is 0 Å². The average molecular weight is 272 g/mol. The Morgan fingerprint density at radius 2 is 1.79 bits per heavy atom. The lowest BCUT2D eigenvalue weighted by Crippen LogP contribution is -2.20. The first kappa shape index (κ1) is 17.2. The molecule has 0 saturated carbocycles. The number of rotatable bonds is 10. The first-order valence-electron chi connectivity index (χ1n) is 6.20. The van der Waals surface area contributed by atoms with E-state index >= 15 is 0 Å². The highest BCUT2D eigenvalue weighted by Gasteiger charge is 2.24. The fraction of sp³-hybridized carbons (Fsp3) is 0.615. The first-order valence-corrected chi connectivity index (χ1v) is 6.20. The van der Waals surface area contributed by atoms with Crippen molar-refractivity contribution < 1.29 is 29.3 Å². The molecule has 6 heteroatoms. The van der Waals surface area contributed by atoms with E-state index in [0.29, 0.717) is 32.3 Å². The summed E-state index contributed by atoms with van der Waals surface area (Å²) >= 11 is 0. The SMILES string of the molecule is C=C(C(=O)O)C(CCCCCC(=O)OCC)C(=O)O. The molecule has 0 aliphatic heterocycles. The van der Waals surface area contributed by atoms with Crippen LogP contribution in [0.5, 0.6) is 0 Å². The van der Waals surface area contributed by atoms with Crippen LogP contribution in [-0.2, 0) is 19.1 Å². The van der Waals surface area contributed by atoms with Crippen LogP contribution in [0.3, 0.4) is 0 Å². The molecule has 0 bridgehead atoms. The van der Waals surface area contributed by atoms with E-state index in [1.54, 1.807) is 6.92 Å². The number of esters is 1. The lowest BCUT2D eigenvalue weighted by atomic mass is 9.94. The van der Waals surface area contributed by atoms with Gasteiger partial charge in [-0.25, -0.2) is 4.79 Å². The summed E-state index contributed by atoms with van der Waals surface area (Å²) in [4.78, 5) is 32.6. The van der Waals surface area contributed by atoms with Gasteiger partial charge < -0.3 is 14.9 Å². The number of carboxylic acids is 2. The lowest BCUT2D eigenvalue weighted by molar-refractivity contribution is -0.144. The van der Waals surface area contributed by atoms with Gasteiger partial charge in [-0.3, -0.25) is 9.59 Å². The predicted molar refractivity (Wildman–Crippen MR) is 67.6 cm³/mol. The number of hydrogen-bond donors (Lipinski definition) is 2. The van der Waals surface area contributed by atoms with Crippen molar-refractivity contribution in [1.82, 2.24) is 0 Å². The molecular formula is C13H20O6. The average Bonchev–Trinajstić information content (AvgIpc) is 2.32. The van der Waals surface area contributed by atoms with Crippen LogP contribution in [0.2, 0.25) is 0 Å². The van der Waals surface area contributed by atoms with Gasteiger partial charge >= 0.3 is 17.9 Å². The Labute approximate surface area is 112 Å². The van der Waals surface area contributed by atoms with Gasteiger partial charge in [-0.1, -0.05) is 19.4 Å². The monoisotopic (exact) mass is 272 g/mol. The summed E-state index contributed by atoms with van der Waals surface area (Å²) in [5, 5.41) is 17.6. The van der Waals surface area contributed by atoms with Crippen LogP contribution in [0.4, 0.5) is 0 Å². The van der Waals surface area contributed by atoms with E-state index in [1.807, 2.05) is 0 Å². The molecule has 19 heavy (non-hydrogen) atoms. The number of aliphatic carboxylic acids is 2. The number of ether oxygens (including phenoxy) is 1. The van der Waals surface area contributed by atoms with Crippen molar-refractivity contribution in [2.24, 2.45) is 5.92 Å². The molecule has 0 spiro atoms. The summed E-state index contributed by atoms with van der Waals surface area (Å²) in [6, 6.07) is 0. The van der Waals surface area contributed by atoms with Gasteiger partial charge in [0.2, 0.25) is 0 Å². The minimum Gasteiger partial charge on any atom is -0.481 e. The zero-order valence-corrected chi connectivity index (χ0v) is 11.1. The molecule has 0 aromatic rings. The van der Waals surface area contributed by atoms with Gasteiger partial charge in [0.25, 0.3) is 0 Å². The minimum absolute atomic E-state index is 0.212. The van der Waals surface area contributed by atoms with Crippen molar-refractivity contribution >= 4 is 17.9 Å². The second-order valence-electron chi connectivity index (χ2n) is 4.13. The van der Waals surface area contributed by atoms with Crippen molar-refractivity contribution in [2.75, 3.05) is 6.61 Å². The van der Waals surface area contributed by atoms with Crippen molar-refractivity contribution in [3.8, 4) is 0 Å². The molecule has 0 aromatic carbocycles. The van der Waals surface area contributed by atoms with Gasteiger partial charge in [0.1, 0.15) is 0 Å². The van der Waals surface area contributed by atoms with Crippen LogP contribution in [0, 0.1) is 5.92 Å². The second kappa shape index (κ2) is 9.13. The Kier molecular flexibility index (Phi) is 8.24. The molecule has 0 heterocycles. The quantitative estimate of drug-likeness (QED) is 0.357. The zero-order valence-electron chi connectivity index (χ0n) is 11.1. The summed E-state index contributed by atoms with van der Waals surface area (Å²) in [7, 11) is 0. The molecule has 0 rings (SSSR count). The van der Waals surface area contributed by atoms with E-state index in [1.165, 1.54) is 0 Å². The molecule has 0 aromatic heterocycles. The van der Waals surface area contributed by atoms with E-state index in [-0.39, 0.29) is 18.0 Å². The Balaban J connectivity index is 3.96. The molecule has 108 valence electrons. The Hall–Kier alpha value is -1.85. The number of unbranched alkanes of at least 4 members (excludes halogenated alkanes) is 2. The predicted octanol–water partition coefficient (Wildman–Crippen LogP) is 1.84. The maximum atomic E-state index is 11.0. The van der Waals surface area contributed by atoms with E-state index < -0.39 is 17.9 Å². The topological polar surface area (TPSA) is 101 Å². The van der Waals surface area contributed by atoms with Crippen LogP contribution < -0.4 is 0 Å². The minimum atomic E-state index is -1.29. The largest absolute Gasteiger partial charge is 0.481 e. The van der Waals surface area contributed by atoms with E-state index in [4.69, 9.17) is 14.9 Å². The van der Waals surface area contributed by atoms with Gasteiger partial charge in [0, 0.05) is 12.0 Å². The smallest absolute Gasteiger partial charge is 0.331 e. The van der Waals surface area contributed by atoms with Crippen molar-refractivity contribution in [2.45, 2.75) is 39.0 Å². The first-order chi connectivity index (χ1) is 8.90. The second-order valence-corrected chi connectivity index (χ2v) is 4.13. The third-order valence-electron chi connectivity index (χ3n) is 2.67. The molecule has 1 unspecified atom stereocenters. The highest BCUT2D eigenvalue weighted by molar-refractivity contribution is 5.93. The Bertz CT molecular complexity index is 347. The number of hydrogen-bond acceptors (Lipinski definition) is 4. The molecule has 0 amide bonds. The third kappa shape index (κ3) is 7.23. The molecule has 1 atom stereocenters. The number of carbonyl (C=O) groups is 3. The molecule has 6 nitrogen and oxygen atoms in total. The highest BCUT2D eigenvalue weighted by atomic mass is 16.5. The third-order valence-corrected chi connectivity index (χ3v) is 2.67. The van der Waals surface area contributed by atoms with Crippen molar-refractivity contribution in [3.05, 3.63) is 12.2 Å². The van der Waals surface area contributed by atoms with Crippen LogP contribution in [0.15, 0.2) is 12.2 Å². The molecular weight excluding hydrogens is 252 g/mol. The highest BCUT2D eigenvalue weighted by Crippen LogP contribution is 2.18. The standard InChI is InChI=1S/C13H20O6/c1-3-19-11(14)8-6-4-5-7-10(13(17)18)9(2)12(15)16/h10H,2-8H2,1H3,(H,15,16)(H,17,18). The lowest BCUT2D eigenvalue weighted by Gasteiger charge is -2.11. The fourth-order valence-corrected chi connectivity index (χ4v) is 1.62. The normalized spacial score (nSPS) is 11.6. The van der Waals surface area contributed by atoms with Gasteiger partial charge in [-0.15, -0.1) is 0 Å². The Morgan fingerprint density at radius 3 is 2.26 bits per heavy atom. The van der Waals surface area contributed by atoms with E-state index in [9.17, 15) is 14.4 Å². The molecule has 0 fully saturated rings. The molecule has 0 saturated heterocycles. The van der Waals surface area contributed by atoms with E-state index in [0.717, 1.165) is 0 Å². The van der Waals surface area contributed by atoms with Crippen LogP contribution >= 0.6 is 0 Å². The maximum absolute atomic E-state index is 11.0. The summed E-state index contributed by atoms with van der Waals surface area (Å²) in [6.07, 6.45) is 2.29. The van der Waals surface area contributed by atoms with Gasteiger partial charge in [-0.05, 0) is 19.8 Å². The molecule has 0 aliphatic rings. The van der Waals surface area contributed by atoms with Crippen molar-refractivity contribution in [1.29, 1.82) is 0 Å². The van der Waals surface area contributed by atoms with Crippen molar-refractivity contribution in [3.63, 3.8) is 0 Å². The summed E-state index contributed by atoms with van der Waals surface area (Å²) in [5.74, 6) is -3.82. The fourth-order valence-electron chi connectivity index (χ4n) is 1.62. The summed E-state index contributed by atoms with van der Waals surface area (Å²) in [5.41, 5.74) is -0.308. The maximum Gasteiger partial charge on any atom is 0.331 e. The van der Waals surface area contributed by atoms with Gasteiger partial charge in [0.05, 0.1) is 12.5 Å². The molecule has 0 radical (unpaired) electrons. The van der Waals surface area contributed by atoms with Crippen LogP contribution in [0.1, 0.15) is 39.0 Å². The summed E-state index contributed by atoms with van der Waals surface area (Å²) in [6.45, 7) is 5.35. The summed E-state index contributed by atoms with van der Waals surface area (Å²) < 4.78 is 4.75. The number of carboxylic acid groups (broad SMARTS) is 2. The number of carbonyl (C=O) groups excluding carboxylic acids is 1. The molecule has 2 N–H and O–H groups in total. The van der Waals surface area contributed by atoms with Crippen LogP contribution in [0.25, 0.3) is 0 Å². The van der Waals surface area contributed by atoms with Crippen LogP contribution in [-0.4, -0.2) is 34.7 Å². The molecule has 0 aliphatic carbocycles. The Morgan fingerprint density at radius 1 is 1.16 bits per heavy atom. The van der Waals surface area contributed by atoms with E-state index in [2.05, 4.69) is 6.58 Å². The zero-order chi connectivity index (χ0) is 14.8.